The van der Waals surface area contributed by atoms with Crippen molar-refractivity contribution in [3.8, 4) is 0 Å². The Bertz CT molecular complexity index is 681. The third-order valence-corrected chi connectivity index (χ3v) is 4.47. The Morgan fingerprint density at radius 3 is 2.48 bits per heavy atom. The van der Waals surface area contributed by atoms with Crippen LogP contribution in [0.3, 0.4) is 0 Å². The van der Waals surface area contributed by atoms with E-state index in [1.165, 1.54) is 0 Å². The number of aliphatic hydroxyl groups excluding tert-OH is 1. The first-order valence-electron chi connectivity index (χ1n) is 7.91. The molecule has 3 rings (SSSR count). The van der Waals surface area contributed by atoms with Crippen molar-refractivity contribution < 1.29 is 15.0 Å². The molecule has 2 aromatic rings. The van der Waals surface area contributed by atoms with Crippen molar-refractivity contribution in [3.63, 3.8) is 0 Å². The maximum absolute atomic E-state index is 11.4. The van der Waals surface area contributed by atoms with Gasteiger partial charge >= 0.3 is 5.97 Å². The molecule has 0 aliphatic carbocycles. The zero-order valence-corrected chi connectivity index (χ0v) is 13.0. The number of anilines is 1. The molecule has 0 saturated carbocycles. The number of benzene rings is 2. The second-order valence-corrected chi connectivity index (χ2v) is 6.05. The van der Waals surface area contributed by atoms with Crippen LogP contribution in [0.15, 0.2) is 48.5 Å². The number of rotatable bonds is 4. The zero-order chi connectivity index (χ0) is 16.2. The molecule has 4 nitrogen and oxygen atoms in total. The van der Waals surface area contributed by atoms with Gasteiger partial charge in [-0.25, -0.2) is 0 Å². The van der Waals surface area contributed by atoms with Crippen LogP contribution in [0.5, 0.6) is 0 Å². The van der Waals surface area contributed by atoms with Crippen LogP contribution < -0.4 is 4.90 Å². The molecule has 120 valence electrons. The van der Waals surface area contributed by atoms with Gasteiger partial charge in [-0.2, -0.15) is 0 Å². The summed E-state index contributed by atoms with van der Waals surface area (Å²) in [6, 6.07) is 16.0. The van der Waals surface area contributed by atoms with Crippen LogP contribution in [0.4, 0.5) is 5.69 Å². The van der Waals surface area contributed by atoms with Crippen LogP contribution in [0, 0.1) is 5.92 Å². The molecule has 1 atom stereocenters. The predicted octanol–water partition coefficient (Wildman–Crippen LogP) is 2.83. The second kappa shape index (κ2) is 6.84. The van der Waals surface area contributed by atoms with E-state index in [4.69, 9.17) is 5.11 Å². The number of fused-ring (bicyclic) bond motifs is 1. The normalized spacial score (nSPS) is 17.4. The minimum atomic E-state index is -0.714. The lowest BCUT2D eigenvalue weighted by Crippen LogP contribution is -2.25. The largest absolute Gasteiger partial charge is 0.481 e. The molecule has 23 heavy (non-hydrogen) atoms. The molecule has 0 fully saturated rings. The molecule has 1 unspecified atom stereocenters. The number of carboxylic acids is 1. The molecule has 0 aromatic heterocycles. The number of para-hydroxylation sites is 1. The monoisotopic (exact) mass is 311 g/mol. The lowest BCUT2D eigenvalue weighted by atomic mass is 9.97. The van der Waals surface area contributed by atoms with E-state index in [-0.39, 0.29) is 12.5 Å². The number of aliphatic hydroxyl groups is 1. The quantitative estimate of drug-likeness (QED) is 0.911. The molecular formula is C19H21NO3. The number of aliphatic carboxylic acids is 1. The van der Waals surface area contributed by atoms with E-state index in [0.717, 1.165) is 35.5 Å². The van der Waals surface area contributed by atoms with Gasteiger partial charge < -0.3 is 15.1 Å². The second-order valence-electron chi connectivity index (χ2n) is 6.05. The molecule has 0 amide bonds. The van der Waals surface area contributed by atoms with Crippen molar-refractivity contribution in [1.29, 1.82) is 0 Å². The van der Waals surface area contributed by atoms with Crippen molar-refractivity contribution in [2.24, 2.45) is 5.92 Å². The van der Waals surface area contributed by atoms with Crippen molar-refractivity contribution >= 4 is 11.7 Å². The maximum Gasteiger partial charge on any atom is 0.306 e. The van der Waals surface area contributed by atoms with Crippen LogP contribution in [-0.2, 0) is 24.4 Å². The number of carboxylic acid groups (broad SMARTS) is 1. The van der Waals surface area contributed by atoms with E-state index < -0.39 is 5.97 Å². The number of nitrogens with zero attached hydrogens (tertiary/aromatic N) is 1. The first-order chi connectivity index (χ1) is 11.2. The molecule has 1 heterocycles. The molecule has 0 spiro atoms. The molecule has 4 heteroatoms. The van der Waals surface area contributed by atoms with Gasteiger partial charge in [0.05, 0.1) is 12.5 Å². The van der Waals surface area contributed by atoms with Crippen molar-refractivity contribution in [1.82, 2.24) is 0 Å². The SMILES string of the molecule is O=C(O)C1CCN(Cc2ccc(CO)cc2)c2ccccc2C1. The van der Waals surface area contributed by atoms with Crippen LogP contribution in [0.2, 0.25) is 0 Å². The molecule has 0 bridgehead atoms. The Morgan fingerprint density at radius 2 is 1.78 bits per heavy atom. The predicted molar refractivity (Wildman–Crippen MR) is 89.3 cm³/mol. The average molecular weight is 311 g/mol. The molecule has 2 aromatic carbocycles. The third kappa shape index (κ3) is 3.54. The van der Waals surface area contributed by atoms with E-state index in [9.17, 15) is 9.90 Å². The summed E-state index contributed by atoms with van der Waals surface area (Å²) >= 11 is 0. The van der Waals surface area contributed by atoms with Gasteiger partial charge in [0.2, 0.25) is 0 Å². The highest BCUT2D eigenvalue weighted by atomic mass is 16.4. The number of hydrogen-bond acceptors (Lipinski definition) is 3. The van der Waals surface area contributed by atoms with Crippen LogP contribution in [0.1, 0.15) is 23.1 Å². The lowest BCUT2D eigenvalue weighted by Gasteiger charge is -2.25. The molecule has 2 N–H and O–H groups in total. The van der Waals surface area contributed by atoms with Gasteiger partial charge in [0.15, 0.2) is 0 Å². The number of hydrogen-bond donors (Lipinski definition) is 2. The summed E-state index contributed by atoms with van der Waals surface area (Å²) in [5, 5.41) is 18.5. The third-order valence-electron chi connectivity index (χ3n) is 4.47. The lowest BCUT2D eigenvalue weighted by molar-refractivity contribution is -0.141. The van der Waals surface area contributed by atoms with Gasteiger partial charge in [0.25, 0.3) is 0 Å². The summed E-state index contributed by atoms with van der Waals surface area (Å²) in [6.45, 7) is 1.53. The first-order valence-corrected chi connectivity index (χ1v) is 7.91. The Balaban J connectivity index is 1.85. The van der Waals surface area contributed by atoms with Gasteiger partial charge in [-0.15, -0.1) is 0 Å². The summed E-state index contributed by atoms with van der Waals surface area (Å²) in [5.41, 5.74) is 4.29. The van der Waals surface area contributed by atoms with E-state index in [1.54, 1.807) is 0 Å². The fourth-order valence-electron chi connectivity index (χ4n) is 3.14. The Morgan fingerprint density at radius 1 is 1.09 bits per heavy atom. The number of carbonyl (C=O) groups is 1. The average Bonchev–Trinajstić information content (AvgIpc) is 2.76. The minimum absolute atomic E-state index is 0.0487. The summed E-state index contributed by atoms with van der Waals surface area (Å²) in [4.78, 5) is 13.7. The highest BCUT2D eigenvalue weighted by Crippen LogP contribution is 2.30. The van der Waals surface area contributed by atoms with E-state index >= 15 is 0 Å². The minimum Gasteiger partial charge on any atom is -0.481 e. The van der Waals surface area contributed by atoms with Gasteiger partial charge in [-0.05, 0) is 35.6 Å². The van der Waals surface area contributed by atoms with Crippen LogP contribution in [-0.4, -0.2) is 22.7 Å². The summed E-state index contributed by atoms with van der Waals surface area (Å²) in [6.07, 6.45) is 1.24. The van der Waals surface area contributed by atoms with E-state index in [1.807, 2.05) is 42.5 Å². The maximum atomic E-state index is 11.4. The summed E-state index contributed by atoms with van der Waals surface area (Å²) < 4.78 is 0. The Labute approximate surface area is 136 Å². The smallest absolute Gasteiger partial charge is 0.306 e. The summed E-state index contributed by atoms with van der Waals surface area (Å²) in [5.74, 6) is -1.04. The standard InChI is InChI=1S/C19H21NO3/c21-13-15-7-5-14(6-8-15)12-20-10-9-17(19(22)23)11-16-3-1-2-4-18(16)20/h1-8,17,21H,9-13H2,(H,22,23). The summed E-state index contributed by atoms with van der Waals surface area (Å²) in [7, 11) is 0. The first kappa shape index (κ1) is 15.6. The molecular weight excluding hydrogens is 290 g/mol. The zero-order valence-electron chi connectivity index (χ0n) is 13.0. The highest BCUT2D eigenvalue weighted by molar-refractivity contribution is 5.72. The highest BCUT2D eigenvalue weighted by Gasteiger charge is 2.25. The van der Waals surface area contributed by atoms with Gasteiger partial charge in [-0.3, -0.25) is 4.79 Å². The molecule has 1 aliphatic heterocycles. The van der Waals surface area contributed by atoms with Crippen molar-refractivity contribution in [2.45, 2.75) is 26.0 Å². The van der Waals surface area contributed by atoms with Gasteiger partial charge in [0, 0.05) is 18.8 Å². The molecule has 0 saturated heterocycles. The fourth-order valence-corrected chi connectivity index (χ4v) is 3.14. The topological polar surface area (TPSA) is 60.8 Å². The molecule has 1 aliphatic rings. The fraction of sp³-hybridized carbons (Fsp3) is 0.316. The van der Waals surface area contributed by atoms with E-state index in [2.05, 4.69) is 11.0 Å². The van der Waals surface area contributed by atoms with Crippen LogP contribution in [0.25, 0.3) is 0 Å². The van der Waals surface area contributed by atoms with Crippen molar-refractivity contribution in [3.05, 3.63) is 65.2 Å². The van der Waals surface area contributed by atoms with Gasteiger partial charge in [-0.1, -0.05) is 42.5 Å². The van der Waals surface area contributed by atoms with Crippen molar-refractivity contribution in [2.75, 3.05) is 11.4 Å². The Kier molecular flexibility index (Phi) is 4.63. The Hall–Kier alpha value is -2.33. The van der Waals surface area contributed by atoms with Gasteiger partial charge in [0.1, 0.15) is 0 Å². The molecule has 0 radical (unpaired) electrons. The van der Waals surface area contributed by atoms with E-state index in [0.29, 0.717) is 12.8 Å². The van der Waals surface area contributed by atoms with Crippen LogP contribution >= 0.6 is 0 Å².